The standard InChI is InChI=1S/C15H30N4/c1-5-9-16-15(6-2)8-7-10-18(3)12-14-11-17-19(4)13-14/h11,13,15-16H,5-10,12H2,1-4H3. The lowest BCUT2D eigenvalue weighted by molar-refractivity contribution is 0.307. The lowest BCUT2D eigenvalue weighted by atomic mass is 10.1. The van der Waals surface area contributed by atoms with Crippen molar-refractivity contribution in [3.63, 3.8) is 0 Å². The van der Waals surface area contributed by atoms with Crippen molar-refractivity contribution < 1.29 is 0 Å². The number of nitrogens with zero attached hydrogens (tertiary/aromatic N) is 3. The second-order valence-electron chi connectivity index (χ2n) is 5.46. The van der Waals surface area contributed by atoms with Gasteiger partial charge in [-0.2, -0.15) is 5.10 Å². The van der Waals surface area contributed by atoms with E-state index in [-0.39, 0.29) is 0 Å². The molecule has 110 valence electrons. The van der Waals surface area contributed by atoms with Crippen LogP contribution in [-0.4, -0.2) is 40.9 Å². The molecule has 1 aromatic rings. The fraction of sp³-hybridized carbons (Fsp3) is 0.800. The second kappa shape index (κ2) is 9.10. The van der Waals surface area contributed by atoms with E-state index in [1.54, 1.807) is 0 Å². The van der Waals surface area contributed by atoms with Crippen LogP contribution in [-0.2, 0) is 13.6 Å². The molecule has 0 saturated carbocycles. The maximum Gasteiger partial charge on any atom is 0.0534 e. The van der Waals surface area contributed by atoms with Gasteiger partial charge in [-0.1, -0.05) is 13.8 Å². The molecule has 0 saturated heterocycles. The molecule has 4 nitrogen and oxygen atoms in total. The molecule has 4 heteroatoms. The van der Waals surface area contributed by atoms with Crippen LogP contribution in [0.25, 0.3) is 0 Å². The van der Waals surface area contributed by atoms with Crippen LogP contribution in [0.1, 0.15) is 45.1 Å². The Kier molecular flexibility index (Phi) is 7.75. The average molecular weight is 266 g/mol. The Morgan fingerprint density at radius 1 is 1.42 bits per heavy atom. The number of aromatic nitrogens is 2. The van der Waals surface area contributed by atoms with Crippen LogP contribution >= 0.6 is 0 Å². The van der Waals surface area contributed by atoms with Crippen LogP contribution in [0.4, 0.5) is 0 Å². The number of nitrogens with one attached hydrogen (secondary N) is 1. The fourth-order valence-electron chi connectivity index (χ4n) is 2.35. The zero-order valence-electron chi connectivity index (χ0n) is 13.0. The van der Waals surface area contributed by atoms with Gasteiger partial charge in [-0.3, -0.25) is 4.68 Å². The molecule has 0 bridgehead atoms. The van der Waals surface area contributed by atoms with Gasteiger partial charge in [0.05, 0.1) is 6.20 Å². The molecule has 1 rings (SSSR count). The fourth-order valence-corrected chi connectivity index (χ4v) is 2.35. The number of hydrogen-bond donors (Lipinski definition) is 1. The third kappa shape index (κ3) is 6.73. The van der Waals surface area contributed by atoms with Gasteiger partial charge >= 0.3 is 0 Å². The summed E-state index contributed by atoms with van der Waals surface area (Å²) in [6.07, 6.45) is 9.02. The highest BCUT2D eigenvalue weighted by Gasteiger charge is 2.06. The van der Waals surface area contributed by atoms with Gasteiger partial charge in [-0.15, -0.1) is 0 Å². The third-order valence-corrected chi connectivity index (χ3v) is 3.48. The Hall–Kier alpha value is -0.870. The minimum Gasteiger partial charge on any atom is -0.314 e. The van der Waals surface area contributed by atoms with Crippen molar-refractivity contribution in [2.24, 2.45) is 7.05 Å². The van der Waals surface area contributed by atoms with Crippen molar-refractivity contribution >= 4 is 0 Å². The van der Waals surface area contributed by atoms with E-state index in [1.807, 2.05) is 17.9 Å². The normalized spacial score (nSPS) is 13.1. The molecule has 1 aromatic heterocycles. The maximum atomic E-state index is 4.21. The quantitative estimate of drug-likeness (QED) is 0.706. The summed E-state index contributed by atoms with van der Waals surface area (Å²) in [4.78, 5) is 2.38. The van der Waals surface area contributed by atoms with Crippen molar-refractivity contribution in [3.8, 4) is 0 Å². The SMILES string of the molecule is CCCNC(CC)CCCN(C)Cc1cnn(C)c1. The largest absolute Gasteiger partial charge is 0.314 e. The summed E-state index contributed by atoms with van der Waals surface area (Å²) in [5.41, 5.74) is 1.29. The Labute approximate surface area is 118 Å². The van der Waals surface area contributed by atoms with Gasteiger partial charge in [-0.25, -0.2) is 0 Å². The second-order valence-corrected chi connectivity index (χ2v) is 5.46. The number of rotatable bonds is 10. The molecule has 0 spiro atoms. The molecule has 1 unspecified atom stereocenters. The molecule has 1 N–H and O–H groups in total. The van der Waals surface area contributed by atoms with Gasteiger partial charge in [0.2, 0.25) is 0 Å². The minimum absolute atomic E-state index is 0.687. The van der Waals surface area contributed by atoms with E-state index >= 15 is 0 Å². The summed E-state index contributed by atoms with van der Waals surface area (Å²) < 4.78 is 1.87. The Bertz CT molecular complexity index is 335. The molecule has 0 radical (unpaired) electrons. The number of aryl methyl sites for hydroxylation is 1. The third-order valence-electron chi connectivity index (χ3n) is 3.48. The highest BCUT2D eigenvalue weighted by atomic mass is 15.2. The summed E-state index contributed by atoms with van der Waals surface area (Å²) in [5.74, 6) is 0. The van der Waals surface area contributed by atoms with Gasteiger partial charge in [-0.05, 0) is 45.8 Å². The maximum absolute atomic E-state index is 4.21. The molecule has 19 heavy (non-hydrogen) atoms. The predicted molar refractivity (Wildman–Crippen MR) is 81.1 cm³/mol. The predicted octanol–water partition coefficient (Wildman–Crippen LogP) is 2.41. The van der Waals surface area contributed by atoms with Crippen LogP contribution in [0.3, 0.4) is 0 Å². The van der Waals surface area contributed by atoms with Gasteiger partial charge in [0.1, 0.15) is 0 Å². The molecule has 0 aliphatic rings. The van der Waals surface area contributed by atoms with E-state index < -0.39 is 0 Å². The molecule has 0 fully saturated rings. The van der Waals surface area contributed by atoms with Crippen molar-refractivity contribution in [3.05, 3.63) is 18.0 Å². The zero-order valence-corrected chi connectivity index (χ0v) is 13.0. The molecule has 0 aliphatic heterocycles. The first-order chi connectivity index (χ1) is 9.15. The van der Waals surface area contributed by atoms with Crippen molar-refractivity contribution in [1.29, 1.82) is 0 Å². The van der Waals surface area contributed by atoms with Crippen LogP contribution in [0.2, 0.25) is 0 Å². The summed E-state index contributed by atoms with van der Waals surface area (Å²) in [7, 11) is 4.15. The lowest BCUT2D eigenvalue weighted by Gasteiger charge is -2.19. The topological polar surface area (TPSA) is 33.1 Å². The van der Waals surface area contributed by atoms with Crippen molar-refractivity contribution in [1.82, 2.24) is 20.0 Å². The van der Waals surface area contributed by atoms with Gasteiger partial charge in [0.25, 0.3) is 0 Å². The van der Waals surface area contributed by atoms with Gasteiger partial charge < -0.3 is 10.2 Å². The molecule has 0 amide bonds. The Morgan fingerprint density at radius 3 is 2.79 bits per heavy atom. The first-order valence-corrected chi connectivity index (χ1v) is 7.55. The minimum atomic E-state index is 0.687. The smallest absolute Gasteiger partial charge is 0.0534 e. The highest BCUT2D eigenvalue weighted by molar-refractivity contribution is 5.02. The molecule has 1 heterocycles. The average Bonchev–Trinajstić information content (AvgIpc) is 2.79. The summed E-state index contributed by atoms with van der Waals surface area (Å²) in [6.45, 7) is 7.78. The van der Waals surface area contributed by atoms with Crippen molar-refractivity contribution in [2.45, 2.75) is 52.1 Å². The van der Waals surface area contributed by atoms with Crippen LogP contribution < -0.4 is 5.32 Å². The molecule has 1 atom stereocenters. The van der Waals surface area contributed by atoms with Crippen molar-refractivity contribution in [2.75, 3.05) is 20.1 Å². The highest BCUT2D eigenvalue weighted by Crippen LogP contribution is 2.06. The van der Waals surface area contributed by atoms with Gasteiger partial charge in [0, 0.05) is 31.4 Å². The van der Waals surface area contributed by atoms with E-state index in [4.69, 9.17) is 0 Å². The number of hydrogen-bond acceptors (Lipinski definition) is 3. The first-order valence-electron chi connectivity index (χ1n) is 7.55. The van der Waals surface area contributed by atoms with E-state index in [0.29, 0.717) is 6.04 Å². The Balaban J connectivity index is 2.17. The van der Waals surface area contributed by atoms with Gasteiger partial charge in [0.15, 0.2) is 0 Å². The van der Waals surface area contributed by atoms with Crippen LogP contribution in [0.5, 0.6) is 0 Å². The summed E-state index contributed by atoms with van der Waals surface area (Å²) in [6, 6.07) is 0.687. The van der Waals surface area contributed by atoms with Crippen LogP contribution in [0, 0.1) is 0 Å². The van der Waals surface area contributed by atoms with E-state index in [1.165, 1.54) is 31.2 Å². The first kappa shape index (κ1) is 16.2. The monoisotopic (exact) mass is 266 g/mol. The lowest BCUT2D eigenvalue weighted by Crippen LogP contribution is -2.30. The summed E-state index contributed by atoms with van der Waals surface area (Å²) >= 11 is 0. The molecular weight excluding hydrogens is 236 g/mol. The van der Waals surface area contributed by atoms with Crippen LogP contribution in [0.15, 0.2) is 12.4 Å². The summed E-state index contributed by atoms with van der Waals surface area (Å²) in [5, 5.41) is 7.82. The molecule has 0 aromatic carbocycles. The Morgan fingerprint density at radius 2 is 2.21 bits per heavy atom. The molecular formula is C15H30N4. The van der Waals surface area contributed by atoms with E-state index in [0.717, 1.165) is 19.6 Å². The van der Waals surface area contributed by atoms with E-state index in [9.17, 15) is 0 Å². The molecule has 0 aliphatic carbocycles. The van der Waals surface area contributed by atoms with E-state index in [2.05, 4.69) is 42.4 Å². The zero-order chi connectivity index (χ0) is 14.1.